The molecule has 0 radical (unpaired) electrons. The van der Waals surface area contributed by atoms with Gasteiger partial charge in [-0.3, -0.25) is 0 Å². The van der Waals surface area contributed by atoms with Crippen molar-refractivity contribution in [2.45, 2.75) is 13.8 Å². The van der Waals surface area contributed by atoms with Gasteiger partial charge in [0.25, 0.3) is 0 Å². The zero-order valence-corrected chi connectivity index (χ0v) is 8.88. The van der Waals surface area contributed by atoms with Gasteiger partial charge in [-0.25, -0.2) is 0 Å². The molecule has 0 aromatic carbocycles. The molecule has 12 heavy (non-hydrogen) atoms. The molecule has 1 aliphatic rings. The van der Waals surface area contributed by atoms with Crippen molar-refractivity contribution in [3.8, 4) is 0 Å². The average molecular weight is 170 g/mol. The van der Waals surface area contributed by atoms with Crippen LogP contribution in [0.15, 0.2) is 0 Å². The zero-order valence-electron chi connectivity index (χ0n) is 8.88. The summed E-state index contributed by atoms with van der Waals surface area (Å²) in [5.41, 5.74) is 0. The third-order valence-corrected chi connectivity index (χ3v) is 3.04. The summed E-state index contributed by atoms with van der Waals surface area (Å²) in [5.74, 6) is 1.77. The van der Waals surface area contributed by atoms with E-state index < -0.39 is 0 Å². The molecule has 0 aliphatic carbocycles. The largest absolute Gasteiger partial charge is 0.306 e. The first-order valence-electron chi connectivity index (χ1n) is 5.00. The summed E-state index contributed by atoms with van der Waals surface area (Å²) in [6.07, 6.45) is 0. The molecule has 0 spiro atoms. The predicted octanol–water partition coefficient (Wildman–Crippen LogP) is 1.14. The molecule has 0 aromatic heterocycles. The van der Waals surface area contributed by atoms with Gasteiger partial charge in [-0.05, 0) is 32.5 Å². The van der Waals surface area contributed by atoms with Crippen molar-refractivity contribution in [3.63, 3.8) is 0 Å². The first kappa shape index (κ1) is 10.0. The van der Waals surface area contributed by atoms with Crippen LogP contribution in [0, 0.1) is 11.8 Å². The Kier molecular flexibility index (Phi) is 3.53. The highest BCUT2D eigenvalue weighted by Crippen LogP contribution is 2.21. The Labute approximate surface area is 76.5 Å². The highest BCUT2D eigenvalue weighted by atomic mass is 15.2. The second-order valence-corrected chi connectivity index (χ2v) is 4.31. The molecule has 0 amide bonds. The summed E-state index contributed by atoms with van der Waals surface area (Å²) < 4.78 is 0. The number of hydrogen-bond donors (Lipinski definition) is 0. The van der Waals surface area contributed by atoms with Gasteiger partial charge in [0, 0.05) is 19.6 Å². The van der Waals surface area contributed by atoms with Crippen LogP contribution in [0.3, 0.4) is 0 Å². The Morgan fingerprint density at radius 3 is 2.50 bits per heavy atom. The molecule has 0 saturated carbocycles. The van der Waals surface area contributed by atoms with Crippen LogP contribution in [0.2, 0.25) is 0 Å². The van der Waals surface area contributed by atoms with Crippen molar-refractivity contribution in [2.24, 2.45) is 11.8 Å². The Bertz CT molecular complexity index is 136. The Balaban J connectivity index is 2.32. The second-order valence-electron chi connectivity index (χ2n) is 4.31. The molecule has 2 heteroatoms. The molecule has 0 aromatic rings. The van der Waals surface area contributed by atoms with E-state index in [4.69, 9.17) is 0 Å². The van der Waals surface area contributed by atoms with Crippen LogP contribution in [0.25, 0.3) is 0 Å². The molecule has 1 heterocycles. The number of hydrogen-bond acceptors (Lipinski definition) is 2. The van der Waals surface area contributed by atoms with Crippen LogP contribution < -0.4 is 0 Å². The fourth-order valence-electron chi connectivity index (χ4n) is 2.06. The number of likely N-dealkylation sites (tertiary alicyclic amines) is 1. The van der Waals surface area contributed by atoms with Crippen LogP contribution in [0.1, 0.15) is 13.8 Å². The Morgan fingerprint density at radius 1 is 1.42 bits per heavy atom. The molecule has 0 bridgehead atoms. The van der Waals surface area contributed by atoms with Crippen molar-refractivity contribution >= 4 is 0 Å². The average Bonchev–Trinajstić information content (AvgIpc) is 2.30. The zero-order chi connectivity index (χ0) is 9.14. The van der Waals surface area contributed by atoms with Gasteiger partial charge in [-0.15, -0.1) is 0 Å². The van der Waals surface area contributed by atoms with Crippen molar-refractivity contribution in [1.29, 1.82) is 0 Å². The molecule has 2 nitrogen and oxygen atoms in total. The standard InChI is InChI=1S/C10H22N2/c1-5-11(3)7-10-8-12(4)6-9(10)2/h9-10H,5-8H2,1-4H3/t9-,10+/m0/s1. The highest BCUT2D eigenvalue weighted by Gasteiger charge is 2.27. The first-order chi connectivity index (χ1) is 5.63. The third-order valence-electron chi connectivity index (χ3n) is 3.04. The summed E-state index contributed by atoms with van der Waals surface area (Å²) in [5, 5.41) is 0. The van der Waals surface area contributed by atoms with Crippen LogP contribution in [0.4, 0.5) is 0 Å². The van der Waals surface area contributed by atoms with Gasteiger partial charge in [0.1, 0.15) is 0 Å². The van der Waals surface area contributed by atoms with Gasteiger partial charge < -0.3 is 9.80 Å². The van der Waals surface area contributed by atoms with E-state index >= 15 is 0 Å². The lowest BCUT2D eigenvalue weighted by atomic mass is 9.98. The van der Waals surface area contributed by atoms with Crippen LogP contribution in [-0.4, -0.2) is 50.1 Å². The maximum atomic E-state index is 2.44. The van der Waals surface area contributed by atoms with E-state index in [9.17, 15) is 0 Å². The number of rotatable bonds is 3. The van der Waals surface area contributed by atoms with E-state index in [-0.39, 0.29) is 0 Å². The van der Waals surface area contributed by atoms with Gasteiger partial charge in [0.05, 0.1) is 0 Å². The summed E-state index contributed by atoms with van der Waals surface area (Å²) in [7, 11) is 4.44. The summed E-state index contributed by atoms with van der Waals surface area (Å²) in [6.45, 7) is 9.60. The van der Waals surface area contributed by atoms with E-state index in [1.807, 2.05) is 0 Å². The lowest BCUT2D eigenvalue weighted by Gasteiger charge is -2.21. The van der Waals surface area contributed by atoms with Crippen molar-refractivity contribution < 1.29 is 0 Å². The van der Waals surface area contributed by atoms with Crippen molar-refractivity contribution in [2.75, 3.05) is 40.3 Å². The van der Waals surface area contributed by atoms with E-state index in [1.165, 1.54) is 26.2 Å². The lowest BCUT2D eigenvalue weighted by molar-refractivity contribution is 0.265. The fourth-order valence-corrected chi connectivity index (χ4v) is 2.06. The molecule has 1 fully saturated rings. The molecule has 72 valence electrons. The van der Waals surface area contributed by atoms with Crippen LogP contribution in [-0.2, 0) is 0 Å². The minimum Gasteiger partial charge on any atom is -0.306 e. The van der Waals surface area contributed by atoms with Crippen molar-refractivity contribution in [3.05, 3.63) is 0 Å². The minimum atomic E-state index is 0.879. The van der Waals surface area contributed by atoms with Gasteiger partial charge in [0.15, 0.2) is 0 Å². The Hall–Kier alpha value is -0.0800. The molecule has 0 unspecified atom stereocenters. The molecule has 1 rings (SSSR count). The molecule has 1 aliphatic heterocycles. The molecule has 0 N–H and O–H groups in total. The van der Waals surface area contributed by atoms with E-state index in [1.54, 1.807) is 0 Å². The van der Waals surface area contributed by atoms with E-state index in [0.29, 0.717) is 0 Å². The summed E-state index contributed by atoms with van der Waals surface area (Å²) in [6, 6.07) is 0. The molecular formula is C10H22N2. The predicted molar refractivity (Wildman–Crippen MR) is 53.3 cm³/mol. The van der Waals surface area contributed by atoms with Gasteiger partial charge >= 0.3 is 0 Å². The van der Waals surface area contributed by atoms with E-state index in [0.717, 1.165) is 11.8 Å². The van der Waals surface area contributed by atoms with Crippen LogP contribution in [0.5, 0.6) is 0 Å². The van der Waals surface area contributed by atoms with Crippen molar-refractivity contribution in [1.82, 2.24) is 9.80 Å². The smallest absolute Gasteiger partial charge is 0.00220 e. The summed E-state index contributed by atoms with van der Waals surface area (Å²) in [4.78, 5) is 4.86. The highest BCUT2D eigenvalue weighted by molar-refractivity contribution is 4.80. The topological polar surface area (TPSA) is 6.48 Å². The summed E-state index contributed by atoms with van der Waals surface area (Å²) >= 11 is 0. The van der Waals surface area contributed by atoms with Crippen LogP contribution >= 0.6 is 0 Å². The van der Waals surface area contributed by atoms with Gasteiger partial charge in [-0.1, -0.05) is 13.8 Å². The fraction of sp³-hybridized carbons (Fsp3) is 1.00. The SMILES string of the molecule is CCN(C)C[C@@H]1CN(C)C[C@@H]1C. The molecular weight excluding hydrogens is 148 g/mol. The third kappa shape index (κ3) is 2.46. The molecule has 2 atom stereocenters. The minimum absolute atomic E-state index is 0.879. The normalized spacial score (nSPS) is 31.8. The lowest BCUT2D eigenvalue weighted by Crippen LogP contribution is -2.29. The quantitative estimate of drug-likeness (QED) is 0.626. The van der Waals surface area contributed by atoms with E-state index in [2.05, 4.69) is 37.7 Å². The second kappa shape index (κ2) is 4.24. The van der Waals surface area contributed by atoms with Gasteiger partial charge in [-0.2, -0.15) is 0 Å². The molecule has 1 saturated heterocycles. The first-order valence-corrected chi connectivity index (χ1v) is 5.00. The monoisotopic (exact) mass is 170 g/mol. The maximum Gasteiger partial charge on any atom is 0.00220 e. The Morgan fingerprint density at radius 2 is 2.08 bits per heavy atom. The van der Waals surface area contributed by atoms with Gasteiger partial charge in [0.2, 0.25) is 0 Å². The maximum absolute atomic E-state index is 2.44. The number of nitrogens with zero attached hydrogens (tertiary/aromatic N) is 2.